The summed E-state index contributed by atoms with van der Waals surface area (Å²) in [6, 6.07) is 11.7. The molecule has 1 aromatic heterocycles. The van der Waals surface area contributed by atoms with Gasteiger partial charge < -0.3 is 9.15 Å². The van der Waals surface area contributed by atoms with Gasteiger partial charge in [0.1, 0.15) is 5.52 Å². The van der Waals surface area contributed by atoms with E-state index < -0.39 is 16.0 Å². The molecule has 3 aromatic rings. The molecule has 0 amide bonds. The molecule has 1 aliphatic carbocycles. The van der Waals surface area contributed by atoms with E-state index in [1.807, 2.05) is 12.1 Å². The van der Waals surface area contributed by atoms with Gasteiger partial charge in [0.05, 0.1) is 10.5 Å². The highest BCUT2D eigenvalue weighted by Gasteiger charge is 2.28. The van der Waals surface area contributed by atoms with Crippen LogP contribution in [-0.4, -0.2) is 25.4 Å². The van der Waals surface area contributed by atoms with E-state index in [2.05, 4.69) is 9.71 Å². The van der Waals surface area contributed by atoms with E-state index in [1.54, 1.807) is 25.1 Å². The smallest absolute Gasteiger partial charge is 0.338 e. The van der Waals surface area contributed by atoms with Gasteiger partial charge in [-0.1, -0.05) is 18.2 Å². The van der Waals surface area contributed by atoms with Crippen molar-refractivity contribution in [2.75, 3.05) is 0 Å². The van der Waals surface area contributed by atoms with Gasteiger partial charge in [-0.3, -0.25) is 0 Å². The molecule has 1 aliphatic rings. The van der Waals surface area contributed by atoms with E-state index in [-0.39, 0.29) is 29.0 Å². The van der Waals surface area contributed by atoms with E-state index in [1.165, 1.54) is 12.1 Å². The average molecular weight is 386 g/mol. The molecule has 27 heavy (non-hydrogen) atoms. The Morgan fingerprint density at radius 2 is 2.04 bits per heavy atom. The molecular formula is C19H18N2O5S. The fourth-order valence-corrected chi connectivity index (χ4v) is 3.99. The first-order valence-corrected chi connectivity index (χ1v) is 10.1. The Morgan fingerprint density at radius 1 is 1.26 bits per heavy atom. The van der Waals surface area contributed by atoms with E-state index in [4.69, 9.17) is 9.15 Å². The van der Waals surface area contributed by atoms with Gasteiger partial charge in [0.25, 0.3) is 0 Å². The second-order valence-corrected chi connectivity index (χ2v) is 8.24. The SMILES string of the molecule is Cc1ccc(S(=O)(=O)NC2CC2)cc1C(=O)OCc1nc2ccccc2o1. The molecule has 1 heterocycles. The topological polar surface area (TPSA) is 98.5 Å². The Kier molecular flexibility index (Phi) is 4.45. The fourth-order valence-electron chi connectivity index (χ4n) is 2.66. The summed E-state index contributed by atoms with van der Waals surface area (Å²) in [5.41, 5.74) is 2.12. The zero-order valence-corrected chi connectivity index (χ0v) is 15.5. The first-order chi connectivity index (χ1) is 12.9. The van der Waals surface area contributed by atoms with Crippen LogP contribution in [0, 0.1) is 6.92 Å². The Morgan fingerprint density at radius 3 is 2.78 bits per heavy atom. The van der Waals surface area contributed by atoms with Crippen molar-refractivity contribution in [2.24, 2.45) is 0 Å². The van der Waals surface area contributed by atoms with Crippen molar-refractivity contribution < 1.29 is 22.4 Å². The fraction of sp³-hybridized carbons (Fsp3) is 0.263. The molecule has 2 aromatic carbocycles. The molecule has 0 saturated heterocycles. The molecule has 0 spiro atoms. The third kappa shape index (κ3) is 3.86. The summed E-state index contributed by atoms with van der Waals surface area (Å²) in [5.74, 6) is -0.348. The molecule has 1 N–H and O–H groups in total. The molecule has 1 fully saturated rings. The van der Waals surface area contributed by atoms with Gasteiger partial charge in [0.15, 0.2) is 12.2 Å². The Bertz CT molecular complexity index is 1080. The molecule has 0 bridgehead atoms. The average Bonchev–Trinajstić information content (AvgIpc) is 3.34. The number of carbonyl (C=O) groups is 1. The summed E-state index contributed by atoms with van der Waals surface area (Å²) in [7, 11) is -3.64. The van der Waals surface area contributed by atoms with Crippen molar-refractivity contribution in [1.82, 2.24) is 9.71 Å². The number of carbonyl (C=O) groups excluding carboxylic acids is 1. The van der Waals surface area contributed by atoms with Crippen molar-refractivity contribution in [3.63, 3.8) is 0 Å². The number of fused-ring (bicyclic) bond motifs is 1. The quantitative estimate of drug-likeness (QED) is 0.654. The van der Waals surface area contributed by atoms with Crippen molar-refractivity contribution in [3.05, 3.63) is 59.5 Å². The van der Waals surface area contributed by atoms with Gasteiger partial charge >= 0.3 is 5.97 Å². The predicted octanol–water partition coefficient (Wildman–Crippen LogP) is 2.93. The lowest BCUT2D eigenvalue weighted by Gasteiger charge is -2.10. The zero-order chi connectivity index (χ0) is 19.0. The lowest BCUT2D eigenvalue weighted by molar-refractivity contribution is 0.0439. The number of hydrogen-bond acceptors (Lipinski definition) is 6. The van der Waals surface area contributed by atoms with Crippen LogP contribution in [0.15, 0.2) is 51.8 Å². The van der Waals surface area contributed by atoms with Crippen LogP contribution >= 0.6 is 0 Å². The van der Waals surface area contributed by atoms with Crippen LogP contribution in [0.25, 0.3) is 11.1 Å². The maximum Gasteiger partial charge on any atom is 0.338 e. The van der Waals surface area contributed by atoms with E-state index in [9.17, 15) is 13.2 Å². The number of nitrogens with one attached hydrogen (secondary N) is 1. The highest BCUT2D eigenvalue weighted by Crippen LogP contribution is 2.24. The largest absolute Gasteiger partial charge is 0.452 e. The first-order valence-electron chi connectivity index (χ1n) is 8.57. The normalized spacial score (nSPS) is 14.4. The summed E-state index contributed by atoms with van der Waals surface area (Å²) in [4.78, 5) is 16.8. The zero-order valence-electron chi connectivity index (χ0n) is 14.6. The standard InChI is InChI=1S/C19H18N2O5S/c1-12-6-9-14(27(23,24)21-13-7-8-13)10-15(12)19(22)25-11-18-20-16-4-2-3-5-17(16)26-18/h2-6,9-10,13,21H,7-8,11H2,1H3. The molecule has 7 nitrogen and oxygen atoms in total. The molecule has 0 atom stereocenters. The molecule has 0 radical (unpaired) electrons. The third-order valence-electron chi connectivity index (χ3n) is 4.30. The number of aromatic nitrogens is 1. The maximum absolute atomic E-state index is 12.5. The van der Waals surface area contributed by atoms with Gasteiger partial charge in [-0.15, -0.1) is 0 Å². The number of para-hydroxylation sites is 2. The predicted molar refractivity (Wildman–Crippen MR) is 97.7 cm³/mol. The summed E-state index contributed by atoms with van der Waals surface area (Å²) in [6.07, 6.45) is 1.68. The molecule has 0 aliphatic heterocycles. The van der Waals surface area contributed by atoms with Gasteiger partial charge in [-0.25, -0.2) is 22.9 Å². The lowest BCUT2D eigenvalue weighted by Crippen LogP contribution is -2.26. The lowest BCUT2D eigenvalue weighted by atomic mass is 10.1. The molecule has 8 heteroatoms. The van der Waals surface area contributed by atoms with Crippen LogP contribution in [0.5, 0.6) is 0 Å². The van der Waals surface area contributed by atoms with Crippen LogP contribution in [0.4, 0.5) is 0 Å². The van der Waals surface area contributed by atoms with E-state index >= 15 is 0 Å². The summed E-state index contributed by atoms with van der Waals surface area (Å²) >= 11 is 0. The third-order valence-corrected chi connectivity index (χ3v) is 5.82. The molecule has 4 rings (SSSR count). The minimum absolute atomic E-state index is 0.00846. The number of oxazole rings is 1. The van der Waals surface area contributed by atoms with Crippen LogP contribution in [0.2, 0.25) is 0 Å². The van der Waals surface area contributed by atoms with Gasteiger partial charge in [-0.2, -0.15) is 0 Å². The minimum Gasteiger partial charge on any atom is -0.452 e. The van der Waals surface area contributed by atoms with Gasteiger partial charge in [-0.05, 0) is 49.6 Å². The number of sulfonamides is 1. The second-order valence-electron chi connectivity index (χ2n) is 6.52. The van der Waals surface area contributed by atoms with Crippen LogP contribution in [0.1, 0.15) is 34.7 Å². The van der Waals surface area contributed by atoms with Crippen LogP contribution < -0.4 is 4.72 Å². The summed E-state index contributed by atoms with van der Waals surface area (Å²) in [6.45, 7) is 1.59. The van der Waals surface area contributed by atoms with Gasteiger partial charge in [0, 0.05) is 6.04 Å². The van der Waals surface area contributed by atoms with Crippen molar-refractivity contribution in [3.8, 4) is 0 Å². The number of nitrogens with zero attached hydrogens (tertiary/aromatic N) is 1. The number of ether oxygens (including phenoxy) is 1. The summed E-state index contributed by atoms with van der Waals surface area (Å²) in [5, 5.41) is 0. The number of hydrogen-bond donors (Lipinski definition) is 1. The van der Waals surface area contributed by atoms with Crippen LogP contribution in [-0.2, 0) is 21.4 Å². The first kappa shape index (κ1) is 17.7. The highest BCUT2D eigenvalue weighted by atomic mass is 32.2. The van der Waals surface area contributed by atoms with Gasteiger partial charge in [0.2, 0.25) is 15.9 Å². The van der Waals surface area contributed by atoms with Crippen molar-refractivity contribution in [1.29, 1.82) is 0 Å². The van der Waals surface area contributed by atoms with Crippen molar-refractivity contribution >= 4 is 27.1 Å². The maximum atomic E-state index is 12.5. The number of aryl methyl sites for hydroxylation is 1. The van der Waals surface area contributed by atoms with E-state index in [0.29, 0.717) is 16.7 Å². The Balaban J connectivity index is 1.51. The van der Waals surface area contributed by atoms with E-state index in [0.717, 1.165) is 12.8 Å². The monoisotopic (exact) mass is 386 g/mol. The second kappa shape index (κ2) is 6.79. The summed E-state index contributed by atoms with van der Waals surface area (Å²) < 4.78 is 38.1. The molecule has 0 unspecified atom stereocenters. The minimum atomic E-state index is -3.64. The van der Waals surface area contributed by atoms with Crippen LogP contribution in [0.3, 0.4) is 0 Å². The Hall–Kier alpha value is -2.71. The molecular weight excluding hydrogens is 368 g/mol. The van der Waals surface area contributed by atoms with Crippen molar-refractivity contribution in [2.45, 2.75) is 37.3 Å². The number of rotatable bonds is 6. The molecule has 1 saturated carbocycles. The number of esters is 1. The Labute approximate surface area is 156 Å². The number of benzene rings is 2. The highest BCUT2D eigenvalue weighted by molar-refractivity contribution is 7.89. The molecule has 140 valence electrons.